The Morgan fingerprint density at radius 1 is 0.464 bits per heavy atom. The molecule has 0 amide bonds. The first-order valence-corrected chi connectivity index (χ1v) is 12.7. The van der Waals surface area contributed by atoms with Crippen LogP contribution in [0.15, 0.2) is 106 Å². The van der Waals surface area contributed by atoms with Gasteiger partial charge in [-0.1, -0.05) is 54.6 Å². The molecule has 10 heteroatoms. The first kappa shape index (κ1) is 21.2. The van der Waals surface area contributed by atoms with Gasteiger partial charge in [-0.25, -0.2) is 12.6 Å². The second kappa shape index (κ2) is 10.9. The molecule has 0 radical (unpaired) electrons. The maximum atomic E-state index is 12.5. The molecule has 0 fully saturated rings. The minimum absolute atomic E-state index is 0.392. The monoisotopic (exact) mass is 450 g/mol. The fourth-order valence-electron chi connectivity index (χ4n) is 2.02. The molecule has 0 aromatic heterocycles. The zero-order valence-electron chi connectivity index (χ0n) is 14.4. The normalized spacial score (nSPS) is 14.1. The molecule has 3 unspecified atom stereocenters. The number of hydrogen-bond acceptors (Lipinski definition) is 6. The summed E-state index contributed by atoms with van der Waals surface area (Å²) < 4.78 is 53.6. The predicted octanol–water partition coefficient (Wildman–Crippen LogP) is 3.19. The highest BCUT2D eigenvalue weighted by atomic mass is 32.2. The summed E-state index contributed by atoms with van der Waals surface area (Å²) in [5.74, 6) is 0. The zero-order chi connectivity index (χ0) is 19.8. The Hall–Kier alpha value is -1.48. The average molecular weight is 450 g/mol. The van der Waals surface area contributed by atoms with Gasteiger partial charge < -0.3 is 9.70 Å². The quantitative estimate of drug-likeness (QED) is 0.466. The van der Waals surface area contributed by atoms with Crippen molar-refractivity contribution >= 4 is 48.4 Å². The van der Waals surface area contributed by atoms with E-state index in [0.717, 1.165) is 0 Å². The van der Waals surface area contributed by atoms with Crippen molar-refractivity contribution in [3.63, 3.8) is 0 Å². The molecule has 3 rings (SSSR count). The third-order valence-corrected chi connectivity index (χ3v) is 9.26. The van der Waals surface area contributed by atoms with Crippen LogP contribution in [0.25, 0.3) is 0 Å². The van der Waals surface area contributed by atoms with Crippen molar-refractivity contribution in [3.8, 4) is 0 Å². The Labute approximate surface area is 175 Å². The van der Waals surface area contributed by atoms with Crippen molar-refractivity contribution in [1.29, 1.82) is 0 Å². The third-order valence-electron chi connectivity index (χ3n) is 3.30. The van der Waals surface area contributed by atoms with Crippen molar-refractivity contribution in [2.75, 3.05) is 0 Å². The van der Waals surface area contributed by atoms with E-state index in [0.29, 0.717) is 14.7 Å². The van der Waals surface area contributed by atoms with Crippen LogP contribution in [0.5, 0.6) is 0 Å². The van der Waals surface area contributed by atoms with Crippen molar-refractivity contribution < 1.29 is 22.3 Å². The fraction of sp³-hybridized carbons (Fsp3) is 0. The highest BCUT2D eigenvalue weighted by Gasteiger charge is 2.41. The summed E-state index contributed by atoms with van der Waals surface area (Å²) in [6.45, 7) is 0. The summed E-state index contributed by atoms with van der Waals surface area (Å²) in [7, 11) is 0. The Morgan fingerprint density at radius 3 is 0.964 bits per heavy atom. The fourth-order valence-corrected chi connectivity index (χ4v) is 7.46. The molecule has 0 aliphatic heterocycles. The van der Waals surface area contributed by atoms with Crippen LogP contribution in [0.2, 0.25) is 0 Å². The molecule has 3 atom stereocenters. The van der Waals surface area contributed by atoms with Crippen LogP contribution in [0.3, 0.4) is 0 Å². The molecular weight excluding hydrogens is 435 g/mol. The lowest BCUT2D eigenvalue weighted by Crippen LogP contribution is -2.30. The van der Waals surface area contributed by atoms with Crippen molar-refractivity contribution in [1.82, 2.24) is 0 Å². The summed E-state index contributed by atoms with van der Waals surface area (Å²) in [6, 6.07) is 25.3. The van der Waals surface area contributed by atoms with Crippen LogP contribution in [-0.4, -0.2) is 27.8 Å². The molecule has 3 aromatic rings. The minimum Gasteiger partial charge on any atom is -0.359 e. The molecular formula is C18H15AlO6S3. The van der Waals surface area contributed by atoms with E-state index in [2.05, 4.69) is 0 Å². The number of benzene rings is 3. The molecule has 0 aliphatic rings. The molecule has 0 saturated carbocycles. The van der Waals surface area contributed by atoms with Crippen LogP contribution >= 0.6 is 0 Å². The summed E-state index contributed by atoms with van der Waals surface area (Å²) >= 11 is -9.07. The van der Waals surface area contributed by atoms with E-state index < -0.39 is 48.4 Å². The summed E-state index contributed by atoms with van der Waals surface area (Å²) in [4.78, 5) is 1.18. The van der Waals surface area contributed by atoms with Gasteiger partial charge in [-0.3, -0.25) is 0 Å². The molecule has 0 saturated heterocycles. The topological polar surface area (TPSA) is 78.9 Å². The lowest BCUT2D eigenvalue weighted by Gasteiger charge is -2.12. The van der Waals surface area contributed by atoms with Crippen molar-refractivity contribution in [2.45, 2.75) is 14.7 Å². The first-order chi connectivity index (χ1) is 13.6. The van der Waals surface area contributed by atoms with Gasteiger partial charge in [0.15, 0.2) is 33.2 Å². The van der Waals surface area contributed by atoms with E-state index in [1.165, 1.54) is 0 Å². The van der Waals surface area contributed by atoms with E-state index in [1.54, 1.807) is 91.0 Å². The molecule has 0 aliphatic carbocycles. The van der Waals surface area contributed by atoms with Gasteiger partial charge in [0.2, 0.25) is 0 Å². The Kier molecular flexibility index (Phi) is 8.27. The lowest BCUT2D eigenvalue weighted by atomic mass is 10.4. The average Bonchev–Trinajstić information content (AvgIpc) is 2.75. The Balaban J connectivity index is 1.76. The molecule has 0 spiro atoms. The van der Waals surface area contributed by atoms with Crippen molar-refractivity contribution in [2.24, 2.45) is 0 Å². The second-order valence-corrected chi connectivity index (χ2v) is 10.9. The van der Waals surface area contributed by atoms with E-state index in [9.17, 15) is 12.6 Å². The zero-order valence-corrected chi connectivity index (χ0v) is 18.0. The molecule has 3 aromatic carbocycles. The van der Waals surface area contributed by atoms with Crippen LogP contribution in [0.4, 0.5) is 0 Å². The molecule has 0 bridgehead atoms. The Morgan fingerprint density at radius 2 is 0.714 bits per heavy atom. The van der Waals surface area contributed by atoms with E-state index >= 15 is 0 Å². The molecule has 0 heterocycles. The van der Waals surface area contributed by atoms with Gasteiger partial charge in [-0.05, 0) is 36.4 Å². The summed E-state index contributed by atoms with van der Waals surface area (Å²) in [5, 5.41) is 0. The van der Waals surface area contributed by atoms with Crippen LogP contribution in [0.1, 0.15) is 0 Å². The first-order valence-electron chi connectivity index (χ1n) is 8.05. The lowest BCUT2D eigenvalue weighted by molar-refractivity contribution is 0.346. The van der Waals surface area contributed by atoms with Crippen LogP contribution in [-0.2, 0) is 42.9 Å². The third kappa shape index (κ3) is 6.27. The standard InChI is InChI=1S/3C6H6O2S.Al/c3*7-9(8)6-4-2-1-3-5-6;/h3*1-5H,(H,7,8);/q;;;+3/p-3. The maximum absolute atomic E-state index is 12.5. The minimum atomic E-state index is -3.32. The van der Waals surface area contributed by atoms with Gasteiger partial charge in [0.1, 0.15) is 0 Å². The molecule has 0 N–H and O–H groups in total. The van der Waals surface area contributed by atoms with Gasteiger partial charge in [-0.15, -0.1) is 0 Å². The second-order valence-electron chi connectivity index (χ2n) is 5.22. The maximum Gasteiger partial charge on any atom is 0.947 e. The van der Waals surface area contributed by atoms with E-state index in [-0.39, 0.29) is 0 Å². The predicted molar refractivity (Wildman–Crippen MR) is 108 cm³/mol. The molecule has 6 nitrogen and oxygen atoms in total. The van der Waals surface area contributed by atoms with Gasteiger partial charge in [0.05, 0.1) is 14.7 Å². The van der Waals surface area contributed by atoms with Crippen molar-refractivity contribution in [3.05, 3.63) is 91.0 Å². The smallest absolute Gasteiger partial charge is 0.359 e. The highest BCUT2D eigenvalue weighted by molar-refractivity contribution is 7.84. The van der Waals surface area contributed by atoms with Crippen LogP contribution < -0.4 is 0 Å². The Bertz CT molecular complexity index is 830. The van der Waals surface area contributed by atoms with Gasteiger partial charge in [0.25, 0.3) is 0 Å². The summed E-state index contributed by atoms with van der Waals surface area (Å²) in [5.41, 5.74) is 0. The number of rotatable bonds is 9. The summed E-state index contributed by atoms with van der Waals surface area (Å²) in [6.07, 6.45) is 0. The highest BCUT2D eigenvalue weighted by Crippen LogP contribution is 2.16. The van der Waals surface area contributed by atoms with Gasteiger partial charge >= 0.3 is 15.1 Å². The van der Waals surface area contributed by atoms with Gasteiger partial charge in [0, 0.05) is 0 Å². The van der Waals surface area contributed by atoms with Gasteiger partial charge in [-0.2, -0.15) is 0 Å². The molecule has 144 valence electrons. The van der Waals surface area contributed by atoms with Crippen LogP contribution in [0, 0.1) is 0 Å². The van der Waals surface area contributed by atoms with E-state index in [1.807, 2.05) is 0 Å². The molecule has 28 heavy (non-hydrogen) atoms. The largest absolute Gasteiger partial charge is 0.947 e. The van der Waals surface area contributed by atoms with E-state index in [4.69, 9.17) is 9.70 Å². The SMILES string of the molecule is O=S([O][Al]([O]S(=O)c1ccccc1)[O]S(=O)c1ccccc1)c1ccccc1. The number of hydrogen-bond donors (Lipinski definition) is 0.